The summed E-state index contributed by atoms with van der Waals surface area (Å²) < 4.78 is 5.40. The molecule has 2 heterocycles. The minimum Gasteiger partial charge on any atom is -0.454 e. The smallest absolute Gasteiger partial charge is 0.338 e. The Morgan fingerprint density at radius 3 is 2.43 bits per heavy atom. The highest BCUT2D eigenvalue weighted by atomic mass is 16.5. The Morgan fingerprint density at radius 2 is 1.73 bits per heavy atom. The Labute approximate surface area is 176 Å². The van der Waals surface area contributed by atoms with Crippen LogP contribution >= 0.6 is 0 Å². The molecule has 0 unspecified atom stereocenters. The Balaban J connectivity index is 1.36. The molecule has 0 saturated carbocycles. The van der Waals surface area contributed by atoms with E-state index in [0.717, 1.165) is 42.8 Å². The first-order chi connectivity index (χ1) is 14.5. The number of ether oxygens (including phenoxy) is 1. The van der Waals surface area contributed by atoms with Crippen LogP contribution < -0.4 is 10.6 Å². The molecule has 0 amide bonds. The Bertz CT molecular complexity index is 1030. The summed E-state index contributed by atoms with van der Waals surface area (Å²) in [5.41, 5.74) is 8.36. The topological polar surface area (TPSA) is 84.6 Å². The fraction of sp³-hybridized carbons (Fsp3) is 0.348. The monoisotopic (exact) mass is 405 g/mol. The first-order valence-corrected chi connectivity index (χ1v) is 10.3. The van der Waals surface area contributed by atoms with Crippen LogP contribution in [0.5, 0.6) is 0 Å². The molecule has 0 spiro atoms. The van der Waals surface area contributed by atoms with Gasteiger partial charge in [-0.05, 0) is 50.2 Å². The fourth-order valence-electron chi connectivity index (χ4n) is 3.73. The van der Waals surface area contributed by atoms with E-state index in [0.29, 0.717) is 23.2 Å². The first kappa shape index (κ1) is 20.1. The van der Waals surface area contributed by atoms with Crippen molar-refractivity contribution in [2.24, 2.45) is 0 Å². The summed E-state index contributed by atoms with van der Waals surface area (Å²) in [6, 6.07) is 15.6. The van der Waals surface area contributed by atoms with Gasteiger partial charge in [0.2, 0.25) is 0 Å². The molecule has 30 heavy (non-hydrogen) atoms. The van der Waals surface area contributed by atoms with E-state index in [1.165, 1.54) is 0 Å². The van der Waals surface area contributed by atoms with Crippen molar-refractivity contribution in [2.75, 3.05) is 36.8 Å². The summed E-state index contributed by atoms with van der Waals surface area (Å²) in [6.45, 7) is 8.52. The van der Waals surface area contributed by atoms with Crippen LogP contribution in [0.3, 0.4) is 0 Å². The van der Waals surface area contributed by atoms with Crippen molar-refractivity contribution in [3.8, 4) is 0 Å². The highest BCUT2D eigenvalue weighted by molar-refractivity contribution is 5.90. The number of fused-ring (bicyclic) bond motifs is 1. The molecule has 7 heteroatoms. The maximum atomic E-state index is 12.4. The SMILES string of the molecule is CC(C)N1CCN(c2ccc(C(=O)OCc3nc(N)c4ccccc4n3)cc2)CC1. The maximum absolute atomic E-state index is 12.4. The van der Waals surface area contributed by atoms with Gasteiger partial charge < -0.3 is 15.4 Å². The molecule has 0 atom stereocenters. The van der Waals surface area contributed by atoms with Gasteiger partial charge in [0, 0.05) is 43.3 Å². The normalized spacial score (nSPS) is 15.0. The number of anilines is 2. The maximum Gasteiger partial charge on any atom is 0.338 e. The molecule has 0 radical (unpaired) electrons. The lowest BCUT2D eigenvalue weighted by Gasteiger charge is -2.38. The standard InChI is InChI=1S/C23H27N5O2/c1-16(2)27-11-13-28(14-12-27)18-9-7-17(8-10-18)23(29)30-15-21-25-20-6-4-3-5-19(20)22(24)26-21/h3-10,16H,11-15H2,1-2H3,(H2,24,25,26). The number of hydrogen-bond donors (Lipinski definition) is 1. The van der Waals surface area contributed by atoms with Gasteiger partial charge in [0.15, 0.2) is 12.4 Å². The zero-order chi connectivity index (χ0) is 21.1. The van der Waals surface area contributed by atoms with E-state index in [1.54, 1.807) is 0 Å². The van der Waals surface area contributed by atoms with E-state index in [2.05, 4.69) is 33.6 Å². The third kappa shape index (κ3) is 4.36. The van der Waals surface area contributed by atoms with Gasteiger partial charge in [0.25, 0.3) is 0 Å². The highest BCUT2D eigenvalue weighted by Gasteiger charge is 2.19. The molecule has 1 saturated heterocycles. The molecule has 1 aliphatic rings. The number of rotatable bonds is 5. The van der Waals surface area contributed by atoms with Crippen LogP contribution in [0.25, 0.3) is 10.9 Å². The van der Waals surface area contributed by atoms with E-state index in [1.807, 2.05) is 48.5 Å². The highest BCUT2D eigenvalue weighted by Crippen LogP contribution is 2.20. The molecule has 2 aromatic carbocycles. The van der Waals surface area contributed by atoms with Crippen LogP contribution in [0.1, 0.15) is 30.0 Å². The average Bonchev–Trinajstić information content (AvgIpc) is 2.78. The summed E-state index contributed by atoms with van der Waals surface area (Å²) in [5.74, 6) is 0.370. The van der Waals surface area contributed by atoms with Crippen molar-refractivity contribution in [1.29, 1.82) is 0 Å². The molecule has 7 nitrogen and oxygen atoms in total. The van der Waals surface area contributed by atoms with Gasteiger partial charge in [-0.3, -0.25) is 4.90 Å². The average molecular weight is 406 g/mol. The van der Waals surface area contributed by atoms with Crippen molar-refractivity contribution in [3.05, 3.63) is 59.9 Å². The molecule has 0 bridgehead atoms. The number of aromatic nitrogens is 2. The van der Waals surface area contributed by atoms with Crippen LogP contribution in [-0.2, 0) is 11.3 Å². The zero-order valence-corrected chi connectivity index (χ0v) is 17.4. The van der Waals surface area contributed by atoms with E-state index in [-0.39, 0.29) is 6.61 Å². The minimum absolute atomic E-state index is 0.0211. The Morgan fingerprint density at radius 1 is 1.03 bits per heavy atom. The number of hydrogen-bond acceptors (Lipinski definition) is 7. The molecule has 4 rings (SSSR count). The van der Waals surface area contributed by atoms with Crippen LogP contribution in [0.15, 0.2) is 48.5 Å². The summed E-state index contributed by atoms with van der Waals surface area (Å²) in [6.07, 6.45) is 0. The van der Waals surface area contributed by atoms with Gasteiger partial charge in [-0.1, -0.05) is 12.1 Å². The van der Waals surface area contributed by atoms with Gasteiger partial charge in [-0.15, -0.1) is 0 Å². The van der Waals surface area contributed by atoms with Crippen molar-refractivity contribution in [2.45, 2.75) is 26.5 Å². The van der Waals surface area contributed by atoms with E-state index in [9.17, 15) is 4.79 Å². The predicted molar refractivity (Wildman–Crippen MR) is 118 cm³/mol. The minimum atomic E-state index is -0.401. The lowest BCUT2D eigenvalue weighted by molar-refractivity contribution is 0.0462. The third-order valence-corrected chi connectivity index (χ3v) is 5.52. The van der Waals surface area contributed by atoms with Crippen LogP contribution in [0.4, 0.5) is 11.5 Å². The van der Waals surface area contributed by atoms with Gasteiger partial charge in [-0.25, -0.2) is 14.8 Å². The molecule has 1 aromatic heterocycles. The second-order valence-corrected chi connectivity index (χ2v) is 7.78. The van der Waals surface area contributed by atoms with Gasteiger partial charge in [0.05, 0.1) is 11.1 Å². The number of nitrogens with zero attached hydrogens (tertiary/aromatic N) is 4. The van der Waals surface area contributed by atoms with Gasteiger partial charge in [0.1, 0.15) is 5.82 Å². The number of esters is 1. The molecule has 1 aliphatic heterocycles. The number of carbonyl (C=O) groups excluding carboxylic acids is 1. The van der Waals surface area contributed by atoms with E-state index >= 15 is 0 Å². The third-order valence-electron chi connectivity index (χ3n) is 5.52. The number of carbonyl (C=O) groups is 1. The van der Waals surface area contributed by atoms with Crippen molar-refractivity contribution in [3.63, 3.8) is 0 Å². The Kier molecular flexibility index (Phi) is 5.81. The molecule has 0 aliphatic carbocycles. The second kappa shape index (κ2) is 8.67. The molecule has 2 N–H and O–H groups in total. The number of piperazine rings is 1. The van der Waals surface area contributed by atoms with Crippen molar-refractivity contribution >= 4 is 28.4 Å². The van der Waals surface area contributed by atoms with E-state index < -0.39 is 5.97 Å². The number of benzene rings is 2. The molecular weight excluding hydrogens is 378 g/mol. The van der Waals surface area contributed by atoms with E-state index in [4.69, 9.17) is 10.5 Å². The number of para-hydroxylation sites is 1. The largest absolute Gasteiger partial charge is 0.454 e. The van der Waals surface area contributed by atoms with Crippen LogP contribution in [0.2, 0.25) is 0 Å². The number of nitrogen functional groups attached to an aromatic ring is 1. The lowest BCUT2D eigenvalue weighted by atomic mass is 10.1. The molecular formula is C23H27N5O2. The number of nitrogens with two attached hydrogens (primary N) is 1. The second-order valence-electron chi connectivity index (χ2n) is 7.78. The lowest BCUT2D eigenvalue weighted by Crippen LogP contribution is -2.48. The van der Waals surface area contributed by atoms with Gasteiger partial charge >= 0.3 is 5.97 Å². The molecule has 1 fully saturated rings. The zero-order valence-electron chi connectivity index (χ0n) is 17.4. The fourth-order valence-corrected chi connectivity index (χ4v) is 3.73. The summed E-state index contributed by atoms with van der Waals surface area (Å²) in [7, 11) is 0. The molecule has 3 aromatic rings. The summed E-state index contributed by atoms with van der Waals surface area (Å²) in [5, 5.41) is 0.789. The first-order valence-electron chi connectivity index (χ1n) is 10.3. The van der Waals surface area contributed by atoms with Gasteiger partial charge in [-0.2, -0.15) is 0 Å². The Hall–Kier alpha value is -3.19. The molecule has 156 valence electrons. The van der Waals surface area contributed by atoms with Crippen molar-refractivity contribution < 1.29 is 9.53 Å². The van der Waals surface area contributed by atoms with Crippen molar-refractivity contribution in [1.82, 2.24) is 14.9 Å². The van der Waals surface area contributed by atoms with Crippen LogP contribution in [-0.4, -0.2) is 53.1 Å². The van der Waals surface area contributed by atoms with Crippen LogP contribution in [0, 0.1) is 0 Å². The quantitative estimate of drug-likeness (QED) is 0.653. The summed E-state index contributed by atoms with van der Waals surface area (Å²) >= 11 is 0. The summed E-state index contributed by atoms with van der Waals surface area (Å²) in [4.78, 5) is 25.9. The predicted octanol–water partition coefficient (Wildman–Crippen LogP) is 3.10.